The minimum absolute atomic E-state index is 0.0844. The van der Waals surface area contributed by atoms with Gasteiger partial charge < -0.3 is 10.2 Å². The Hall–Kier alpha value is -2.12. The first-order valence-electron chi connectivity index (χ1n) is 5.68. The molecule has 0 aromatic heterocycles. The van der Waals surface area contributed by atoms with Crippen molar-refractivity contribution in [3.8, 4) is 12.1 Å². The first-order chi connectivity index (χ1) is 8.67. The molecule has 1 rings (SSSR count). The highest BCUT2D eigenvalue weighted by Gasteiger charge is 2.20. The lowest BCUT2D eigenvalue weighted by Crippen LogP contribution is -2.51. The number of hydrogen-bond acceptors (Lipinski definition) is 5. The predicted molar refractivity (Wildman–Crippen MR) is 61.6 cm³/mol. The molecule has 96 valence electrons. The summed E-state index contributed by atoms with van der Waals surface area (Å²) < 4.78 is 0. The molecule has 0 unspecified atom stereocenters. The third-order valence-corrected chi connectivity index (χ3v) is 2.69. The summed E-state index contributed by atoms with van der Waals surface area (Å²) in [5.41, 5.74) is 0. The lowest BCUT2D eigenvalue weighted by atomic mass is 10.3. The molecule has 0 saturated carbocycles. The summed E-state index contributed by atoms with van der Waals surface area (Å²) in [4.78, 5) is 26.2. The SMILES string of the molecule is N#CCC(=O)NCN1CCN(C(=O)CC#N)CC1. The van der Waals surface area contributed by atoms with Crippen molar-refractivity contribution in [2.45, 2.75) is 12.8 Å². The van der Waals surface area contributed by atoms with E-state index in [1.807, 2.05) is 11.0 Å². The monoisotopic (exact) mass is 249 g/mol. The number of amides is 2. The van der Waals surface area contributed by atoms with E-state index in [1.165, 1.54) is 0 Å². The van der Waals surface area contributed by atoms with Crippen molar-refractivity contribution in [1.82, 2.24) is 15.1 Å². The number of hydrogen-bond donors (Lipinski definition) is 1. The molecule has 2 amide bonds. The molecule has 7 nitrogen and oxygen atoms in total. The number of carbonyl (C=O) groups is 2. The van der Waals surface area contributed by atoms with E-state index in [1.54, 1.807) is 11.0 Å². The molecule has 1 heterocycles. The molecule has 0 aromatic rings. The minimum Gasteiger partial charge on any atom is -0.342 e. The summed E-state index contributed by atoms with van der Waals surface area (Å²) in [7, 11) is 0. The first kappa shape index (κ1) is 13.9. The zero-order valence-electron chi connectivity index (χ0n) is 10.1. The molecule has 1 saturated heterocycles. The number of nitrogens with one attached hydrogen (secondary N) is 1. The standard InChI is InChI=1S/C11H15N5O2/c12-3-1-10(17)14-9-15-5-7-16(8-6-15)11(18)2-4-13/h1-2,5-9H2,(H,14,17). The van der Waals surface area contributed by atoms with Gasteiger partial charge in [0.2, 0.25) is 11.8 Å². The van der Waals surface area contributed by atoms with Crippen LogP contribution in [0.3, 0.4) is 0 Å². The first-order valence-corrected chi connectivity index (χ1v) is 5.68. The van der Waals surface area contributed by atoms with Crippen molar-refractivity contribution in [2.24, 2.45) is 0 Å². The van der Waals surface area contributed by atoms with Gasteiger partial charge in [0.1, 0.15) is 12.8 Å². The summed E-state index contributed by atoms with van der Waals surface area (Å²) in [6.45, 7) is 2.83. The normalized spacial score (nSPS) is 15.6. The maximum absolute atomic E-state index is 11.4. The van der Waals surface area contributed by atoms with E-state index in [0.717, 1.165) is 0 Å². The zero-order chi connectivity index (χ0) is 13.4. The van der Waals surface area contributed by atoms with Crippen molar-refractivity contribution in [1.29, 1.82) is 10.5 Å². The van der Waals surface area contributed by atoms with Gasteiger partial charge in [0, 0.05) is 26.2 Å². The van der Waals surface area contributed by atoms with Crippen LogP contribution in [0.4, 0.5) is 0 Å². The van der Waals surface area contributed by atoms with Gasteiger partial charge in [0.05, 0.1) is 18.8 Å². The van der Waals surface area contributed by atoms with Gasteiger partial charge in [-0.15, -0.1) is 0 Å². The van der Waals surface area contributed by atoms with Crippen LogP contribution in [0, 0.1) is 22.7 Å². The molecule has 1 aliphatic rings. The second kappa shape index (κ2) is 7.25. The van der Waals surface area contributed by atoms with E-state index in [4.69, 9.17) is 10.5 Å². The van der Waals surface area contributed by atoms with Crippen LogP contribution in [0.25, 0.3) is 0 Å². The maximum atomic E-state index is 11.4. The van der Waals surface area contributed by atoms with E-state index >= 15 is 0 Å². The van der Waals surface area contributed by atoms with E-state index in [-0.39, 0.29) is 24.7 Å². The van der Waals surface area contributed by atoms with Crippen molar-refractivity contribution in [2.75, 3.05) is 32.8 Å². The molecule has 0 radical (unpaired) electrons. The molecule has 0 aliphatic carbocycles. The van der Waals surface area contributed by atoms with E-state index in [0.29, 0.717) is 32.8 Å². The summed E-state index contributed by atoms with van der Waals surface area (Å²) in [5, 5.41) is 19.4. The average molecular weight is 249 g/mol. The molecular weight excluding hydrogens is 234 g/mol. The Balaban J connectivity index is 2.24. The number of piperazine rings is 1. The average Bonchev–Trinajstić information content (AvgIpc) is 2.37. The van der Waals surface area contributed by atoms with Crippen molar-refractivity contribution < 1.29 is 9.59 Å². The Morgan fingerprint density at radius 1 is 1.06 bits per heavy atom. The van der Waals surface area contributed by atoms with Gasteiger partial charge in [-0.2, -0.15) is 10.5 Å². The smallest absolute Gasteiger partial charge is 0.236 e. The fourth-order valence-electron chi connectivity index (χ4n) is 1.67. The summed E-state index contributed by atoms with van der Waals surface area (Å²) in [6, 6.07) is 3.61. The highest BCUT2D eigenvalue weighted by molar-refractivity contribution is 5.78. The highest BCUT2D eigenvalue weighted by atomic mass is 16.2. The van der Waals surface area contributed by atoms with Crippen LogP contribution in [-0.4, -0.2) is 54.5 Å². The van der Waals surface area contributed by atoms with Gasteiger partial charge in [-0.05, 0) is 0 Å². The largest absolute Gasteiger partial charge is 0.342 e. The summed E-state index contributed by atoms with van der Waals surface area (Å²) >= 11 is 0. The number of nitrogens with zero attached hydrogens (tertiary/aromatic N) is 4. The van der Waals surface area contributed by atoms with Crippen LogP contribution >= 0.6 is 0 Å². The minimum atomic E-state index is -0.291. The molecule has 0 aromatic carbocycles. The summed E-state index contributed by atoms with van der Waals surface area (Å²) in [6.07, 6.45) is -0.223. The molecule has 0 spiro atoms. The zero-order valence-corrected chi connectivity index (χ0v) is 10.1. The lowest BCUT2D eigenvalue weighted by molar-refractivity contribution is -0.132. The molecule has 0 bridgehead atoms. The van der Waals surface area contributed by atoms with Crippen LogP contribution in [0.1, 0.15) is 12.8 Å². The van der Waals surface area contributed by atoms with Gasteiger partial charge in [-0.25, -0.2) is 0 Å². The van der Waals surface area contributed by atoms with Gasteiger partial charge in [-0.3, -0.25) is 14.5 Å². The Bertz CT molecular complexity index is 387. The second-order valence-corrected chi connectivity index (χ2v) is 3.93. The van der Waals surface area contributed by atoms with E-state index < -0.39 is 0 Å². The Morgan fingerprint density at radius 3 is 2.22 bits per heavy atom. The van der Waals surface area contributed by atoms with Crippen LogP contribution in [-0.2, 0) is 9.59 Å². The van der Waals surface area contributed by atoms with E-state index in [9.17, 15) is 9.59 Å². The Morgan fingerprint density at radius 2 is 1.67 bits per heavy atom. The Labute approximate surface area is 106 Å². The molecule has 0 atom stereocenters. The highest BCUT2D eigenvalue weighted by Crippen LogP contribution is 2.02. The van der Waals surface area contributed by atoms with Crippen molar-refractivity contribution >= 4 is 11.8 Å². The van der Waals surface area contributed by atoms with Crippen LogP contribution < -0.4 is 5.32 Å². The van der Waals surface area contributed by atoms with Crippen molar-refractivity contribution in [3.63, 3.8) is 0 Å². The maximum Gasteiger partial charge on any atom is 0.236 e. The third-order valence-electron chi connectivity index (χ3n) is 2.69. The third kappa shape index (κ3) is 4.40. The molecule has 1 aliphatic heterocycles. The number of rotatable bonds is 4. The van der Waals surface area contributed by atoms with Crippen LogP contribution in [0.2, 0.25) is 0 Å². The second-order valence-electron chi connectivity index (χ2n) is 3.93. The quantitative estimate of drug-likeness (QED) is 0.691. The fraction of sp³-hybridized carbons (Fsp3) is 0.636. The fourth-order valence-corrected chi connectivity index (χ4v) is 1.67. The van der Waals surface area contributed by atoms with Gasteiger partial charge in [0.25, 0.3) is 0 Å². The Kier molecular flexibility index (Phi) is 5.62. The molecule has 18 heavy (non-hydrogen) atoms. The lowest BCUT2D eigenvalue weighted by Gasteiger charge is -2.34. The summed E-state index contributed by atoms with van der Waals surface area (Å²) in [5.74, 6) is -0.439. The predicted octanol–water partition coefficient (Wildman–Crippen LogP) is -0.968. The van der Waals surface area contributed by atoms with Crippen LogP contribution in [0.15, 0.2) is 0 Å². The van der Waals surface area contributed by atoms with Gasteiger partial charge >= 0.3 is 0 Å². The van der Waals surface area contributed by atoms with Gasteiger partial charge in [0.15, 0.2) is 0 Å². The molecule has 1 N–H and O–H groups in total. The van der Waals surface area contributed by atoms with Crippen molar-refractivity contribution in [3.05, 3.63) is 0 Å². The van der Waals surface area contributed by atoms with Gasteiger partial charge in [-0.1, -0.05) is 0 Å². The van der Waals surface area contributed by atoms with E-state index in [2.05, 4.69) is 5.32 Å². The number of carbonyl (C=O) groups excluding carboxylic acids is 2. The topological polar surface area (TPSA) is 100 Å². The van der Waals surface area contributed by atoms with Crippen LogP contribution in [0.5, 0.6) is 0 Å². The molecule has 1 fully saturated rings. The number of nitriles is 2. The molecule has 7 heteroatoms. The molecular formula is C11H15N5O2.